The zero-order valence-corrected chi connectivity index (χ0v) is 18.3. The van der Waals surface area contributed by atoms with Crippen LogP contribution in [0.3, 0.4) is 0 Å². The van der Waals surface area contributed by atoms with Gasteiger partial charge in [0.1, 0.15) is 5.75 Å². The van der Waals surface area contributed by atoms with Crippen molar-refractivity contribution in [2.75, 3.05) is 7.11 Å². The zero-order chi connectivity index (χ0) is 23.6. The zero-order valence-electron chi connectivity index (χ0n) is 17.5. The maximum absolute atomic E-state index is 12.5. The SMILES string of the molecule is COC(=O)c1cc(Cl)ccc1Cc1ccc2c(ccn2Cc2cccc(OC(F)(F)F)c2)c1. The minimum absolute atomic E-state index is 0.247. The first-order valence-electron chi connectivity index (χ1n) is 10.0. The molecule has 0 aliphatic heterocycles. The lowest BCUT2D eigenvalue weighted by Gasteiger charge is -2.11. The average molecular weight is 474 g/mol. The number of methoxy groups -OCH3 is 1. The molecule has 170 valence electrons. The van der Waals surface area contributed by atoms with Gasteiger partial charge in [-0.3, -0.25) is 0 Å². The van der Waals surface area contributed by atoms with Crippen LogP contribution in [0.4, 0.5) is 13.2 Å². The normalized spacial score (nSPS) is 11.5. The topological polar surface area (TPSA) is 40.5 Å². The van der Waals surface area contributed by atoms with E-state index >= 15 is 0 Å². The number of esters is 1. The highest BCUT2D eigenvalue weighted by Gasteiger charge is 2.31. The van der Waals surface area contributed by atoms with Crippen LogP contribution in [0.25, 0.3) is 10.9 Å². The maximum atomic E-state index is 12.5. The van der Waals surface area contributed by atoms with Crippen molar-refractivity contribution < 1.29 is 27.4 Å². The van der Waals surface area contributed by atoms with Crippen molar-refractivity contribution in [3.63, 3.8) is 0 Å². The van der Waals surface area contributed by atoms with Gasteiger partial charge in [-0.1, -0.05) is 35.9 Å². The van der Waals surface area contributed by atoms with E-state index < -0.39 is 12.3 Å². The Hall–Kier alpha value is -3.45. The number of carbonyl (C=O) groups is 1. The Bertz CT molecular complexity index is 1310. The molecule has 0 amide bonds. The molecule has 0 atom stereocenters. The number of benzene rings is 3. The molecule has 0 aliphatic rings. The minimum Gasteiger partial charge on any atom is -0.465 e. The molecule has 4 nitrogen and oxygen atoms in total. The van der Waals surface area contributed by atoms with E-state index in [9.17, 15) is 18.0 Å². The fourth-order valence-electron chi connectivity index (χ4n) is 3.76. The summed E-state index contributed by atoms with van der Waals surface area (Å²) in [5.74, 6) is -0.695. The van der Waals surface area contributed by atoms with Crippen LogP contribution < -0.4 is 4.74 Å². The quantitative estimate of drug-likeness (QED) is 0.295. The first kappa shape index (κ1) is 22.7. The fourth-order valence-corrected chi connectivity index (χ4v) is 3.93. The molecule has 0 bridgehead atoms. The molecule has 33 heavy (non-hydrogen) atoms. The van der Waals surface area contributed by atoms with Crippen LogP contribution >= 0.6 is 11.6 Å². The molecule has 0 saturated heterocycles. The van der Waals surface area contributed by atoms with Gasteiger partial charge in [-0.25, -0.2) is 4.79 Å². The van der Waals surface area contributed by atoms with Gasteiger partial charge >= 0.3 is 12.3 Å². The lowest BCUT2D eigenvalue weighted by atomic mass is 9.99. The summed E-state index contributed by atoms with van der Waals surface area (Å²) in [5, 5.41) is 1.43. The molecule has 3 aromatic carbocycles. The third-order valence-corrected chi connectivity index (χ3v) is 5.43. The maximum Gasteiger partial charge on any atom is 0.573 e. The molecule has 0 spiro atoms. The van der Waals surface area contributed by atoms with Gasteiger partial charge in [0, 0.05) is 23.3 Å². The van der Waals surface area contributed by atoms with E-state index in [1.807, 2.05) is 35.0 Å². The number of nitrogens with zero attached hydrogens (tertiary/aromatic N) is 1. The molecule has 1 heterocycles. The number of halogens is 4. The van der Waals surface area contributed by atoms with Crippen molar-refractivity contribution in [3.05, 3.63) is 100 Å². The molecule has 1 aromatic heterocycles. The van der Waals surface area contributed by atoms with Gasteiger partial charge in [-0.2, -0.15) is 0 Å². The van der Waals surface area contributed by atoms with E-state index in [4.69, 9.17) is 16.3 Å². The van der Waals surface area contributed by atoms with Crippen LogP contribution in [0, 0.1) is 0 Å². The Labute approximate surface area is 193 Å². The van der Waals surface area contributed by atoms with Crippen molar-refractivity contribution in [2.45, 2.75) is 19.3 Å². The number of aromatic nitrogens is 1. The van der Waals surface area contributed by atoms with Gasteiger partial charge < -0.3 is 14.0 Å². The number of ether oxygens (including phenoxy) is 2. The third-order valence-electron chi connectivity index (χ3n) is 5.19. The van der Waals surface area contributed by atoms with E-state index in [0.717, 1.165) is 22.0 Å². The van der Waals surface area contributed by atoms with Crippen LogP contribution in [0.15, 0.2) is 72.9 Å². The first-order valence-corrected chi connectivity index (χ1v) is 10.4. The van der Waals surface area contributed by atoms with E-state index in [2.05, 4.69) is 4.74 Å². The molecule has 0 aliphatic carbocycles. The summed E-state index contributed by atoms with van der Waals surface area (Å²) in [6.45, 7) is 0.390. The molecule has 0 N–H and O–H groups in total. The number of hydrogen-bond donors (Lipinski definition) is 0. The fraction of sp³-hybridized carbons (Fsp3) is 0.160. The predicted octanol–water partition coefficient (Wildman–Crippen LogP) is 6.62. The standard InChI is InChI=1S/C25H19ClF3NO3/c1-32-24(31)22-14-20(26)7-6-18(22)11-16-5-8-23-19(12-16)9-10-30(23)15-17-3-2-4-21(13-17)33-25(27,28)29/h2-10,12-14H,11,15H2,1H3. The van der Waals surface area contributed by atoms with Crippen molar-refractivity contribution >= 4 is 28.5 Å². The summed E-state index contributed by atoms with van der Waals surface area (Å²) in [7, 11) is 1.33. The van der Waals surface area contributed by atoms with Crippen LogP contribution in [-0.4, -0.2) is 24.0 Å². The van der Waals surface area contributed by atoms with Crippen molar-refractivity contribution in [1.29, 1.82) is 0 Å². The van der Waals surface area contributed by atoms with Crippen LogP contribution in [0.2, 0.25) is 5.02 Å². The highest BCUT2D eigenvalue weighted by Crippen LogP contribution is 2.26. The number of carbonyl (C=O) groups excluding carboxylic acids is 1. The number of fused-ring (bicyclic) bond motifs is 1. The largest absolute Gasteiger partial charge is 0.573 e. The number of alkyl halides is 3. The number of hydrogen-bond acceptors (Lipinski definition) is 3. The van der Waals surface area contributed by atoms with E-state index in [1.165, 1.54) is 25.3 Å². The second-order valence-corrected chi connectivity index (χ2v) is 7.94. The smallest absolute Gasteiger partial charge is 0.465 e. The number of rotatable bonds is 6. The second-order valence-electron chi connectivity index (χ2n) is 7.50. The highest BCUT2D eigenvalue weighted by molar-refractivity contribution is 6.31. The van der Waals surface area contributed by atoms with Crippen LogP contribution in [0.1, 0.15) is 27.0 Å². The summed E-state index contributed by atoms with van der Waals surface area (Å²) in [5.41, 5.74) is 3.83. The van der Waals surface area contributed by atoms with Crippen molar-refractivity contribution in [3.8, 4) is 5.75 Å². The van der Waals surface area contributed by atoms with E-state index in [0.29, 0.717) is 29.1 Å². The summed E-state index contributed by atoms with van der Waals surface area (Å²) < 4.78 is 48.3. The van der Waals surface area contributed by atoms with Crippen molar-refractivity contribution in [1.82, 2.24) is 4.57 Å². The Morgan fingerprint density at radius 1 is 1.00 bits per heavy atom. The van der Waals surface area contributed by atoms with Gasteiger partial charge in [0.25, 0.3) is 0 Å². The molecular formula is C25H19ClF3NO3. The Balaban J connectivity index is 1.57. The highest BCUT2D eigenvalue weighted by atomic mass is 35.5. The average Bonchev–Trinajstić information content (AvgIpc) is 3.15. The Kier molecular flexibility index (Phi) is 6.33. The predicted molar refractivity (Wildman–Crippen MR) is 120 cm³/mol. The monoisotopic (exact) mass is 473 g/mol. The summed E-state index contributed by atoms with van der Waals surface area (Å²) in [6.07, 6.45) is -2.33. The van der Waals surface area contributed by atoms with Gasteiger partial charge in [0.2, 0.25) is 0 Å². The Morgan fingerprint density at radius 3 is 2.58 bits per heavy atom. The first-order chi connectivity index (χ1) is 15.7. The van der Waals surface area contributed by atoms with Crippen LogP contribution in [0.5, 0.6) is 5.75 Å². The second kappa shape index (κ2) is 9.19. The molecule has 0 fully saturated rings. The summed E-state index contributed by atoms with van der Waals surface area (Å²) in [6, 6.07) is 18.9. The van der Waals surface area contributed by atoms with Crippen molar-refractivity contribution in [2.24, 2.45) is 0 Å². The van der Waals surface area contributed by atoms with Crippen LogP contribution in [-0.2, 0) is 17.7 Å². The summed E-state index contributed by atoms with van der Waals surface area (Å²) >= 11 is 6.04. The van der Waals surface area contributed by atoms with Gasteiger partial charge in [0.05, 0.1) is 12.7 Å². The third kappa shape index (κ3) is 5.49. The van der Waals surface area contributed by atoms with Gasteiger partial charge in [-0.05, 0) is 71.0 Å². The lowest BCUT2D eigenvalue weighted by molar-refractivity contribution is -0.274. The van der Waals surface area contributed by atoms with Gasteiger partial charge in [-0.15, -0.1) is 13.2 Å². The molecular weight excluding hydrogens is 455 g/mol. The molecule has 4 rings (SSSR count). The lowest BCUT2D eigenvalue weighted by Crippen LogP contribution is -2.17. The van der Waals surface area contributed by atoms with Gasteiger partial charge in [0.15, 0.2) is 0 Å². The summed E-state index contributed by atoms with van der Waals surface area (Å²) in [4.78, 5) is 12.1. The molecule has 0 unspecified atom stereocenters. The Morgan fingerprint density at radius 2 is 1.82 bits per heavy atom. The molecule has 4 aromatic rings. The minimum atomic E-state index is -4.73. The molecule has 8 heteroatoms. The van der Waals surface area contributed by atoms with E-state index in [-0.39, 0.29) is 5.75 Å². The molecule has 0 radical (unpaired) electrons. The molecule has 0 saturated carbocycles. The van der Waals surface area contributed by atoms with E-state index in [1.54, 1.807) is 24.3 Å².